The Morgan fingerprint density at radius 1 is 1.32 bits per heavy atom. The summed E-state index contributed by atoms with van der Waals surface area (Å²) < 4.78 is 1.36. The maximum atomic E-state index is 11.6. The average molecular weight is 267 g/mol. The van der Waals surface area contributed by atoms with Gasteiger partial charge in [0, 0.05) is 19.2 Å². The lowest BCUT2D eigenvalue weighted by atomic mass is 10.2. The summed E-state index contributed by atoms with van der Waals surface area (Å²) in [6, 6.07) is 3.01. The molecule has 4 N–H and O–H groups in total. The molecule has 19 heavy (non-hydrogen) atoms. The van der Waals surface area contributed by atoms with Crippen LogP contribution in [0.4, 0.5) is 0 Å². The summed E-state index contributed by atoms with van der Waals surface area (Å²) in [5, 5.41) is 11.5. The number of nitrogens with one attached hydrogen (secondary N) is 1. The SMILES string of the molecule is NC(=O)CCCCNC(=O)Cn1cccc1C(=O)O. The van der Waals surface area contributed by atoms with E-state index in [0.717, 1.165) is 0 Å². The van der Waals surface area contributed by atoms with Gasteiger partial charge >= 0.3 is 5.97 Å². The number of amides is 2. The van der Waals surface area contributed by atoms with E-state index < -0.39 is 5.97 Å². The Kier molecular flexibility index (Phi) is 5.59. The molecule has 0 aromatic carbocycles. The number of aromatic carboxylic acids is 1. The molecule has 0 radical (unpaired) electrons. The van der Waals surface area contributed by atoms with Crippen molar-refractivity contribution in [3.63, 3.8) is 0 Å². The molecule has 0 bridgehead atoms. The molecule has 0 spiro atoms. The molecule has 0 aliphatic rings. The third-order valence-corrected chi connectivity index (χ3v) is 2.53. The minimum atomic E-state index is -1.07. The average Bonchev–Trinajstić information content (AvgIpc) is 2.76. The van der Waals surface area contributed by atoms with Crippen LogP contribution in [0.15, 0.2) is 18.3 Å². The van der Waals surface area contributed by atoms with Crippen molar-refractivity contribution in [1.29, 1.82) is 0 Å². The standard InChI is InChI=1S/C12H17N3O4/c13-10(16)5-1-2-6-14-11(17)8-15-7-3-4-9(15)12(18)19/h3-4,7H,1-2,5-6,8H2,(H2,13,16)(H,14,17)(H,18,19). The maximum Gasteiger partial charge on any atom is 0.352 e. The molecule has 0 fully saturated rings. The van der Waals surface area contributed by atoms with Crippen molar-refractivity contribution >= 4 is 17.8 Å². The van der Waals surface area contributed by atoms with E-state index in [2.05, 4.69) is 5.32 Å². The van der Waals surface area contributed by atoms with Gasteiger partial charge < -0.3 is 20.7 Å². The lowest BCUT2D eigenvalue weighted by Gasteiger charge is -2.07. The summed E-state index contributed by atoms with van der Waals surface area (Å²) in [5.74, 6) is -1.69. The van der Waals surface area contributed by atoms with Crippen LogP contribution in [0.5, 0.6) is 0 Å². The number of primary amides is 1. The molecule has 1 aromatic heterocycles. The number of aromatic nitrogens is 1. The molecule has 2 amide bonds. The number of carbonyl (C=O) groups excluding carboxylic acids is 2. The summed E-state index contributed by atoms with van der Waals surface area (Å²) in [4.78, 5) is 32.9. The predicted octanol–water partition coefficient (Wildman–Crippen LogP) is -0.0419. The summed E-state index contributed by atoms with van der Waals surface area (Å²) in [6.45, 7) is 0.403. The van der Waals surface area contributed by atoms with Crippen LogP contribution in [-0.2, 0) is 16.1 Å². The van der Waals surface area contributed by atoms with Crippen molar-refractivity contribution in [2.45, 2.75) is 25.8 Å². The second-order valence-electron chi connectivity index (χ2n) is 4.10. The lowest BCUT2D eigenvalue weighted by molar-refractivity contribution is -0.121. The summed E-state index contributed by atoms with van der Waals surface area (Å²) >= 11 is 0. The first-order valence-electron chi connectivity index (χ1n) is 5.94. The Morgan fingerprint density at radius 3 is 2.68 bits per heavy atom. The van der Waals surface area contributed by atoms with Gasteiger partial charge in [0.2, 0.25) is 11.8 Å². The van der Waals surface area contributed by atoms with E-state index in [4.69, 9.17) is 10.8 Å². The molecule has 7 heteroatoms. The topological polar surface area (TPSA) is 114 Å². The highest BCUT2D eigenvalue weighted by atomic mass is 16.4. The number of nitrogens with zero attached hydrogens (tertiary/aromatic N) is 1. The van der Waals surface area contributed by atoms with Crippen LogP contribution in [0.25, 0.3) is 0 Å². The number of unbranched alkanes of at least 4 members (excludes halogenated alkanes) is 1. The first kappa shape index (κ1) is 14.7. The van der Waals surface area contributed by atoms with Crippen LogP contribution in [0.3, 0.4) is 0 Å². The number of carbonyl (C=O) groups is 3. The number of hydrogen-bond donors (Lipinski definition) is 3. The van der Waals surface area contributed by atoms with E-state index in [0.29, 0.717) is 25.8 Å². The van der Waals surface area contributed by atoms with Gasteiger partial charge in [-0.3, -0.25) is 9.59 Å². The molecule has 0 saturated heterocycles. The molecule has 0 unspecified atom stereocenters. The van der Waals surface area contributed by atoms with Gasteiger partial charge in [-0.05, 0) is 25.0 Å². The fourth-order valence-corrected chi connectivity index (χ4v) is 1.61. The lowest BCUT2D eigenvalue weighted by Crippen LogP contribution is -2.29. The van der Waals surface area contributed by atoms with E-state index in [9.17, 15) is 14.4 Å². The largest absolute Gasteiger partial charge is 0.477 e. The fraction of sp³-hybridized carbons (Fsp3) is 0.417. The number of carboxylic acids is 1. The zero-order valence-corrected chi connectivity index (χ0v) is 10.5. The number of carboxylic acid groups (broad SMARTS) is 1. The first-order valence-corrected chi connectivity index (χ1v) is 5.94. The molecule has 0 aliphatic heterocycles. The zero-order chi connectivity index (χ0) is 14.3. The fourth-order valence-electron chi connectivity index (χ4n) is 1.61. The third-order valence-electron chi connectivity index (χ3n) is 2.53. The molecule has 7 nitrogen and oxygen atoms in total. The van der Waals surface area contributed by atoms with Gasteiger partial charge in [0.1, 0.15) is 12.2 Å². The Labute approximate surface area is 110 Å². The van der Waals surface area contributed by atoms with Crippen molar-refractivity contribution in [2.24, 2.45) is 5.73 Å². The molecular formula is C12H17N3O4. The third kappa shape index (κ3) is 5.24. The highest BCUT2D eigenvalue weighted by Gasteiger charge is 2.11. The van der Waals surface area contributed by atoms with Crippen LogP contribution in [-0.4, -0.2) is 34.0 Å². The highest BCUT2D eigenvalue weighted by Crippen LogP contribution is 2.02. The van der Waals surface area contributed by atoms with Crippen molar-refractivity contribution in [2.75, 3.05) is 6.54 Å². The van der Waals surface area contributed by atoms with E-state index in [1.807, 2.05) is 0 Å². The minimum absolute atomic E-state index is 0.0372. The Bertz CT molecular complexity index is 467. The van der Waals surface area contributed by atoms with Gasteiger partial charge in [0.15, 0.2) is 0 Å². The van der Waals surface area contributed by atoms with Crippen molar-refractivity contribution in [3.8, 4) is 0 Å². The maximum absolute atomic E-state index is 11.6. The zero-order valence-electron chi connectivity index (χ0n) is 10.5. The van der Waals surface area contributed by atoms with Gasteiger partial charge in [0.05, 0.1) is 0 Å². The normalized spacial score (nSPS) is 10.1. The minimum Gasteiger partial charge on any atom is -0.477 e. The van der Waals surface area contributed by atoms with Crippen LogP contribution in [0.1, 0.15) is 29.8 Å². The van der Waals surface area contributed by atoms with Gasteiger partial charge in [-0.15, -0.1) is 0 Å². The highest BCUT2D eigenvalue weighted by molar-refractivity contribution is 5.86. The van der Waals surface area contributed by atoms with E-state index in [1.54, 1.807) is 6.07 Å². The van der Waals surface area contributed by atoms with Crippen molar-refractivity contribution in [1.82, 2.24) is 9.88 Å². The molecule has 1 heterocycles. The quantitative estimate of drug-likeness (QED) is 0.573. The molecule has 104 valence electrons. The monoisotopic (exact) mass is 267 g/mol. The smallest absolute Gasteiger partial charge is 0.352 e. The van der Waals surface area contributed by atoms with Crippen LogP contribution < -0.4 is 11.1 Å². The molecule has 1 aromatic rings. The first-order chi connectivity index (χ1) is 9.00. The van der Waals surface area contributed by atoms with Crippen LogP contribution in [0, 0.1) is 0 Å². The van der Waals surface area contributed by atoms with E-state index in [1.165, 1.54) is 16.8 Å². The number of rotatable bonds is 8. The second kappa shape index (κ2) is 7.20. The molecular weight excluding hydrogens is 250 g/mol. The summed E-state index contributed by atoms with van der Waals surface area (Å²) in [5.41, 5.74) is 5.06. The van der Waals surface area contributed by atoms with Gasteiger partial charge in [-0.1, -0.05) is 0 Å². The number of hydrogen-bond acceptors (Lipinski definition) is 3. The summed E-state index contributed by atoms with van der Waals surface area (Å²) in [6.07, 6.45) is 3.12. The number of nitrogens with two attached hydrogens (primary N) is 1. The Morgan fingerprint density at radius 2 is 2.05 bits per heavy atom. The molecule has 0 saturated carbocycles. The Hall–Kier alpha value is -2.31. The molecule has 0 aliphatic carbocycles. The van der Waals surface area contributed by atoms with E-state index in [-0.39, 0.29) is 24.1 Å². The van der Waals surface area contributed by atoms with Crippen LogP contribution in [0.2, 0.25) is 0 Å². The van der Waals surface area contributed by atoms with Gasteiger partial charge in [0.25, 0.3) is 0 Å². The van der Waals surface area contributed by atoms with Crippen molar-refractivity contribution in [3.05, 3.63) is 24.0 Å². The van der Waals surface area contributed by atoms with Crippen LogP contribution >= 0.6 is 0 Å². The van der Waals surface area contributed by atoms with Gasteiger partial charge in [-0.2, -0.15) is 0 Å². The molecule has 1 rings (SSSR count). The van der Waals surface area contributed by atoms with Crippen molar-refractivity contribution < 1.29 is 19.5 Å². The Balaban J connectivity index is 2.29. The van der Waals surface area contributed by atoms with E-state index >= 15 is 0 Å². The second-order valence-corrected chi connectivity index (χ2v) is 4.10. The van der Waals surface area contributed by atoms with Gasteiger partial charge in [-0.25, -0.2) is 4.79 Å². The summed E-state index contributed by atoms with van der Waals surface area (Å²) in [7, 11) is 0. The predicted molar refractivity (Wildman–Crippen MR) is 67.4 cm³/mol. The molecule has 0 atom stereocenters.